The summed E-state index contributed by atoms with van der Waals surface area (Å²) in [6.07, 6.45) is 0. The van der Waals surface area contributed by atoms with E-state index in [4.69, 9.17) is 0 Å². The molecular weight excluding hydrogens is 324 g/mol. The van der Waals surface area contributed by atoms with Gasteiger partial charge in [0.25, 0.3) is 0 Å². The van der Waals surface area contributed by atoms with Crippen molar-refractivity contribution in [2.24, 2.45) is 0 Å². The number of Topliss-reactive ketones (excluding diaryl/α,β-unsaturated/α-hetero) is 1. The fraction of sp³-hybridized carbons (Fsp3) is 0.278. The first-order chi connectivity index (χ1) is 11.4. The molecule has 0 bridgehead atoms. The van der Waals surface area contributed by atoms with Gasteiger partial charge in [-0.05, 0) is 36.4 Å². The van der Waals surface area contributed by atoms with Gasteiger partial charge in [0.15, 0.2) is 5.78 Å². The number of nitrogens with zero attached hydrogens (tertiary/aromatic N) is 2. The number of likely N-dealkylation sites (N-methyl/N-ethyl adjacent to an activating group) is 1. The van der Waals surface area contributed by atoms with Crippen LogP contribution in [-0.4, -0.2) is 39.7 Å². The zero-order chi connectivity index (χ0) is 17.3. The molecule has 0 spiro atoms. The summed E-state index contributed by atoms with van der Waals surface area (Å²) in [5.41, 5.74) is 3.05. The Labute approximate surface area is 142 Å². The first-order valence-corrected chi connectivity index (χ1v) is 9.33. The molecule has 2 aromatic rings. The van der Waals surface area contributed by atoms with Gasteiger partial charge in [0.2, 0.25) is 10.0 Å². The second kappa shape index (κ2) is 6.37. The van der Waals surface area contributed by atoms with Crippen LogP contribution in [-0.2, 0) is 22.3 Å². The third-order valence-corrected chi connectivity index (χ3v) is 5.91. The van der Waals surface area contributed by atoms with E-state index in [0.29, 0.717) is 23.4 Å². The lowest BCUT2D eigenvalue weighted by atomic mass is 10.1. The smallest absolute Gasteiger partial charge is 0.239 e. The van der Waals surface area contributed by atoms with Crippen LogP contribution in [0.2, 0.25) is 0 Å². The van der Waals surface area contributed by atoms with Crippen LogP contribution in [0.1, 0.15) is 21.5 Å². The van der Waals surface area contributed by atoms with E-state index >= 15 is 0 Å². The van der Waals surface area contributed by atoms with Crippen LogP contribution in [0.5, 0.6) is 0 Å². The number of anilines is 1. The van der Waals surface area contributed by atoms with E-state index in [9.17, 15) is 13.2 Å². The molecule has 2 aromatic carbocycles. The van der Waals surface area contributed by atoms with Crippen molar-refractivity contribution in [2.75, 3.05) is 24.9 Å². The molecule has 6 heteroatoms. The van der Waals surface area contributed by atoms with Gasteiger partial charge in [0.05, 0.1) is 18.0 Å². The van der Waals surface area contributed by atoms with Crippen LogP contribution in [0.25, 0.3) is 0 Å². The molecule has 5 nitrogen and oxygen atoms in total. The molecule has 0 amide bonds. The maximum absolute atomic E-state index is 12.5. The molecule has 126 valence electrons. The van der Waals surface area contributed by atoms with E-state index in [2.05, 4.69) is 0 Å². The zero-order valence-corrected chi connectivity index (χ0v) is 14.6. The molecule has 0 N–H and O–H groups in total. The van der Waals surface area contributed by atoms with Gasteiger partial charge in [0.1, 0.15) is 0 Å². The van der Waals surface area contributed by atoms with E-state index in [0.717, 1.165) is 5.56 Å². The number of benzene rings is 2. The minimum Gasteiger partial charge on any atom is -0.295 e. The highest BCUT2D eigenvalue weighted by atomic mass is 32.2. The predicted molar refractivity (Wildman–Crippen MR) is 94.6 cm³/mol. The second-order valence-corrected chi connectivity index (χ2v) is 8.15. The van der Waals surface area contributed by atoms with Crippen molar-refractivity contribution >= 4 is 21.5 Å². The molecule has 0 aromatic heterocycles. The fourth-order valence-corrected chi connectivity index (χ4v) is 4.21. The van der Waals surface area contributed by atoms with Gasteiger partial charge >= 0.3 is 0 Å². The molecule has 1 aliphatic rings. The summed E-state index contributed by atoms with van der Waals surface area (Å²) in [5, 5.41) is 0. The summed E-state index contributed by atoms with van der Waals surface area (Å²) in [7, 11) is 0.159. The minimum absolute atomic E-state index is 0.0109. The van der Waals surface area contributed by atoms with Crippen molar-refractivity contribution in [1.29, 1.82) is 0 Å². The number of carbonyl (C=O) groups is 1. The van der Waals surface area contributed by atoms with Crippen molar-refractivity contribution in [3.05, 3.63) is 65.2 Å². The average molecular weight is 344 g/mol. The highest BCUT2D eigenvalue weighted by molar-refractivity contribution is 7.92. The minimum atomic E-state index is -3.28. The van der Waals surface area contributed by atoms with Crippen molar-refractivity contribution in [3.8, 4) is 0 Å². The Morgan fingerprint density at radius 1 is 1.17 bits per heavy atom. The Hall–Kier alpha value is -2.18. The van der Waals surface area contributed by atoms with E-state index in [-0.39, 0.29) is 18.1 Å². The van der Waals surface area contributed by atoms with E-state index in [1.165, 1.54) is 11.4 Å². The van der Waals surface area contributed by atoms with Crippen molar-refractivity contribution in [3.63, 3.8) is 0 Å². The quantitative estimate of drug-likeness (QED) is 0.781. The number of hydrogen-bond acceptors (Lipinski definition) is 4. The summed E-state index contributed by atoms with van der Waals surface area (Å²) in [4.78, 5) is 14.4. The molecule has 1 aliphatic heterocycles. The van der Waals surface area contributed by atoms with Crippen LogP contribution in [0.3, 0.4) is 0 Å². The Morgan fingerprint density at radius 2 is 1.88 bits per heavy atom. The standard InChI is InChI=1S/C18H20N2O3S/c1-19(11-14-6-4-3-5-7-14)12-18(21)15-8-9-17-16(10-15)13-24(22,23)20(17)2/h3-10H,11-13H2,1-2H3. The number of ketones is 1. The van der Waals surface area contributed by atoms with Crippen LogP contribution in [0.15, 0.2) is 48.5 Å². The van der Waals surface area contributed by atoms with E-state index < -0.39 is 10.0 Å². The van der Waals surface area contributed by atoms with Crippen molar-refractivity contribution in [2.45, 2.75) is 12.3 Å². The van der Waals surface area contributed by atoms with Gasteiger partial charge < -0.3 is 0 Å². The van der Waals surface area contributed by atoms with E-state index in [1.54, 1.807) is 18.2 Å². The molecular formula is C18H20N2O3S. The molecule has 0 saturated carbocycles. The predicted octanol–water partition coefficient (Wildman–Crippen LogP) is 2.28. The van der Waals surface area contributed by atoms with Crippen LogP contribution in [0, 0.1) is 0 Å². The second-order valence-electron chi connectivity index (χ2n) is 6.15. The molecule has 0 atom stereocenters. The summed E-state index contributed by atoms with van der Waals surface area (Å²) < 4.78 is 25.1. The molecule has 0 saturated heterocycles. The molecule has 1 heterocycles. The third-order valence-electron chi connectivity index (χ3n) is 4.20. The maximum atomic E-state index is 12.5. The SMILES string of the molecule is CN(CC(=O)c1ccc2c(c1)CS(=O)(=O)N2C)Cc1ccccc1. The Kier molecular flexibility index (Phi) is 4.43. The van der Waals surface area contributed by atoms with Gasteiger partial charge in [-0.15, -0.1) is 0 Å². The van der Waals surface area contributed by atoms with Gasteiger partial charge in [-0.25, -0.2) is 8.42 Å². The topological polar surface area (TPSA) is 57.7 Å². The normalized spacial score (nSPS) is 15.5. The highest BCUT2D eigenvalue weighted by Crippen LogP contribution is 2.32. The van der Waals surface area contributed by atoms with Crippen LogP contribution < -0.4 is 4.31 Å². The molecule has 3 rings (SSSR count). The third kappa shape index (κ3) is 3.34. The Bertz CT molecular complexity index is 863. The fourth-order valence-electron chi connectivity index (χ4n) is 2.91. The number of hydrogen-bond donors (Lipinski definition) is 0. The van der Waals surface area contributed by atoms with Crippen molar-refractivity contribution < 1.29 is 13.2 Å². The monoisotopic (exact) mass is 344 g/mol. The number of carbonyl (C=O) groups excluding carboxylic acids is 1. The Balaban J connectivity index is 1.71. The lowest BCUT2D eigenvalue weighted by Gasteiger charge is -2.16. The summed E-state index contributed by atoms with van der Waals surface area (Å²) in [5.74, 6) is -0.0528. The number of fused-ring (bicyclic) bond motifs is 1. The lowest BCUT2D eigenvalue weighted by molar-refractivity contribution is 0.0943. The Morgan fingerprint density at radius 3 is 2.58 bits per heavy atom. The van der Waals surface area contributed by atoms with Gasteiger partial charge in [-0.1, -0.05) is 30.3 Å². The van der Waals surface area contributed by atoms with Crippen molar-refractivity contribution in [1.82, 2.24) is 4.90 Å². The summed E-state index contributed by atoms with van der Waals surface area (Å²) in [6.45, 7) is 0.977. The molecule has 0 unspecified atom stereocenters. The van der Waals surface area contributed by atoms with E-state index in [1.807, 2.05) is 42.3 Å². The lowest BCUT2D eigenvalue weighted by Crippen LogP contribution is -2.25. The van der Waals surface area contributed by atoms with Crippen LogP contribution >= 0.6 is 0 Å². The first kappa shape index (κ1) is 16.7. The average Bonchev–Trinajstić information content (AvgIpc) is 2.77. The molecule has 0 fully saturated rings. The number of rotatable bonds is 5. The molecule has 24 heavy (non-hydrogen) atoms. The highest BCUT2D eigenvalue weighted by Gasteiger charge is 2.30. The molecule has 0 aliphatic carbocycles. The molecule has 0 radical (unpaired) electrons. The van der Waals surface area contributed by atoms with Gasteiger partial charge in [0, 0.05) is 19.2 Å². The van der Waals surface area contributed by atoms with Gasteiger partial charge in [-0.3, -0.25) is 14.0 Å². The van der Waals surface area contributed by atoms with Crippen LogP contribution in [0.4, 0.5) is 5.69 Å². The maximum Gasteiger partial charge on any atom is 0.239 e. The van der Waals surface area contributed by atoms with Gasteiger partial charge in [-0.2, -0.15) is 0 Å². The first-order valence-electron chi connectivity index (χ1n) is 7.72. The summed E-state index contributed by atoms with van der Waals surface area (Å²) >= 11 is 0. The summed E-state index contributed by atoms with van der Waals surface area (Å²) in [6, 6.07) is 15.1. The number of sulfonamides is 1. The largest absolute Gasteiger partial charge is 0.295 e. The zero-order valence-electron chi connectivity index (χ0n) is 13.8.